The molecular weight excluding hydrogens is 406 g/mol. The van der Waals surface area contributed by atoms with Crippen LogP contribution in [0.25, 0.3) is 0 Å². The molecule has 0 aliphatic carbocycles. The molecule has 3 N–H and O–H groups in total. The van der Waals surface area contributed by atoms with Gasteiger partial charge in [-0.1, -0.05) is 30.3 Å². The summed E-state index contributed by atoms with van der Waals surface area (Å²) in [5.74, 6) is 1.02. The topological polar surface area (TPSA) is 74.0 Å². The summed E-state index contributed by atoms with van der Waals surface area (Å²) in [6.07, 6.45) is 3.69. The molecule has 2 atom stereocenters. The molecule has 3 heterocycles. The quantitative estimate of drug-likeness (QED) is 0.536. The molecule has 7 heteroatoms. The van der Waals surface area contributed by atoms with Crippen LogP contribution in [-0.4, -0.2) is 54.9 Å². The fourth-order valence-electron chi connectivity index (χ4n) is 4.90. The minimum Gasteiger partial charge on any atom is -0.370 e. The lowest BCUT2D eigenvalue weighted by Crippen LogP contribution is -2.49. The second-order valence-corrected chi connectivity index (χ2v) is 9.57. The van der Waals surface area contributed by atoms with Gasteiger partial charge in [-0.3, -0.25) is 14.7 Å². The number of hydrogen-bond donors (Lipinski definition) is 2. The number of nitrogens with two attached hydrogens (primary N) is 1. The van der Waals surface area contributed by atoms with Crippen molar-refractivity contribution in [3.8, 4) is 0 Å². The van der Waals surface area contributed by atoms with Crippen molar-refractivity contribution in [3.05, 3.63) is 57.8 Å². The molecule has 2 aliphatic rings. The van der Waals surface area contributed by atoms with Crippen molar-refractivity contribution < 1.29 is 4.79 Å². The maximum absolute atomic E-state index is 11.4. The van der Waals surface area contributed by atoms with Crippen LogP contribution in [0.3, 0.4) is 0 Å². The van der Waals surface area contributed by atoms with Crippen LogP contribution >= 0.6 is 11.3 Å². The molecule has 0 bridgehead atoms. The van der Waals surface area contributed by atoms with Crippen LogP contribution in [0, 0.1) is 5.92 Å². The van der Waals surface area contributed by atoms with E-state index in [1.54, 1.807) is 0 Å². The summed E-state index contributed by atoms with van der Waals surface area (Å²) >= 11 is 1.88. The predicted molar refractivity (Wildman–Crippen MR) is 127 cm³/mol. The normalized spacial score (nSPS) is 20.9. The number of aliphatic imine (C=N–C) groups is 1. The first kappa shape index (κ1) is 21.8. The number of benzene rings is 1. The van der Waals surface area contributed by atoms with Gasteiger partial charge in [-0.25, -0.2) is 0 Å². The number of likely N-dealkylation sites (tertiary alicyclic amines) is 1. The van der Waals surface area contributed by atoms with E-state index in [0.717, 1.165) is 57.9 Å². The van der Waals surface area contributed by atoms with Gasteiger partial charge in [0.05, 0.1) is 6.04 Å². The first-order valence-electron chi connectivity index (χ1n) is 11.2. The first-order valence-corrected chi connectivity index (χ1v) is 12.1. The van der Waals surface area contributed by atoms with E-state index in [1.807, 2.05) is 18.4 Å². The smallest absolute Gasteiger partial charge is 0.217 e. The Morgan fingerprint density at radius 3 is 2.90 bits per heavy atom. The lowest BCUT2D eigenvalue weighted by Gasteiger charge is -2.38. The molecule has 31 heavy (non-hydrogen) atoms. The third kappa shape index (κ3) is 5.46. The average Bonchev–Trinajstić information content (AvgIpc) is 3.25. The number of carbonyl (C=O) groups excluding carboxylic acids is 1. The van der Waals surface area contributed by atoms with Crippen LogP contribution in [0.5, 0.6) is 0 Å². The molecule has 6 nitrogen and oxygen atoms in total. The maximum Gasteiger partial charge on any atom is 0.217 e. The van der Waals surface area contributed by atoms with Crippen molar-refractivity contribution in [2.24, 2.45) is 16.6 Å². The van der Waals surface area contributed by atoms with Crippen LogP contribution in [-0.2, 0) is 17.8 Å². The molecule has 2 aromatic rings. The summed E-state index contributed by atoms with van der Waals surface area (Å²) in [6, 6.07) is 13.3. The molecule has 4 rings (SSSR count). The van der Waals surface area contributed by atoms with Crippen molar-refractivity contribution in [3.63, 3.8) is 0 Å². The van der Waals surface area contributed by atoms with Crippen LogP contribution in [0.15, 0.2) is 46.8 Å². The molecule has 0 saturated carbocycles. The number of thiophene rings is 1. The summed E-state index contributed by atoms with van der Waals surface area (Å²) in [4.78, 5) is 22.3. The number of hydrogen-bond acceptors (Lipinski definition) is 4. The number of fused-ring (bicyclic) bond motifs is 1. The van der Waals surface area contributed by atoms with Crippen molar-refractivity contribution >= 4 is 23.2 Å². The molecule has 1 saturated heterocycles. The van der Waals surface area contributed by atoms with Crippen molar-refractivity contribution in [2.75, 3.05) is 33.2 Å². The minimum atomic E-state index is -0.211. The van der Waals surface area contributed by atoms with Gasteiger partial charge in [0, 0.05) is 51.1 Å². The molecule has 1 aromatic heterocycles. The molecule has 1 fully saturated rings. The average molecular weight is 440 g/mol. The number of amides is 1. The summed E-state index contributed by atoms with van der Waals surface area (Å²) in [7, 11) is 1.84. The van der Waals surface area contributed by atoms with Gasteiger partial charge in [0.15, 0.2) is 5.96 Å². The molecule has 166 valence electrons. The van der Waals surface area contributed by atoms with E-state index in [1.165, 1.54) is 16.0 Å². The molecule has 1 aromatic carbocycles. The summed E-state index contributed by atoms with van der Waals surface area (Å²) in [5.41, 5.74) is 8.23. The Hall–Kier alpha value is -2.38. The summed E-state index contributed by atoms with van der Waals surface area (Å²) in [5, 5.41) is 5.86. The molecular formula is C24H33N5OS. The van der Waals surface area contributed by atoms with Gasteiger partial charge in [0.25, 0.3) is 0 Å². The van der Waals surface area contributed by atoms with E-state index in [9.17, 15) is 4.79 Å². The zero-order chi connectivity index (χ0) is 21.6. The largest absolute Gasteiger partial charge is 0.370 e. The number of guanidine groups is 1. The third-order valence-corrected chi connectivity index (χ3v) is 7.46. The zero-order valence-electron chi connectivity index (χ0n) is 18.3. The van der Waals surface area contributed by atoms with Gasteiger partial charge in [-0.05, 0) is 47.8 Å². The van der Waals surface area contributed by atoms with Gasteiger partial charge in [0.2, 0.25) is 5.91 Å². The van der Waals surface area contributed by atoms with E-state index >= 15 is 0 Å². The monoisotopic (exact) mass is 439 g/mol. The summed E-state index contributed by atoms with van der Waals surface area (Å²) in [6.45, 7) is 4.65. The zero-order valence-corrected chi connectivity index (χ0v) is 19.1. The second-order valence-electron chi connectivity index (χ2n) is 8.57. The first-order chi connectivity index (χ1) is 15.1. The third-order valence-electron chi connectivity index (χ3n) is 6.44. The number of primary amides is 1. The Labute approximate surface area is 189 Å². The SMILES string of the molecule is CN=C(NCC(c1ccccc1)N1CCc2sccc2C1)N1CCCC(CC(N)=O)C1. The van der Waals surface area contributed by atoms with Gasteiger partial charge < -0.3 is 16.0 Å². The van der Waals surface area contributed by atoms with E-state index in [-0.39, 0.29) is 11.9 Å². The van der Waals surface area contributed by atoms with E-state index in [2.05, 4.69) is 61.9 Å². The minimum absolute atomic E-state index is 0.211. The molecule has 2 aliphatic heterocycles. The van der Waals surface area contributed by atoms with Crippen LogP contribution in [0.2, 0.25) is 0 Å². The maximum atomic E-state index is 11.4. The van der Waals surface area contributed by atoms with Crippen molar-refractivity contribution in [1.29, 1.82) is 0 Å². The fourth-order valence-corrected chi connectivity index (χ4v) is 5.79. The predicted octanol–water partition coefficient (Wildman–Crippen LogP) is 3.01. The van der Waals surface area contributed by atoms with Gasteiger partial charge in [-0.15, -0.1) is 11.3 Å². The van der Waals surface area contributed by atoms with Crippen molar-refractivity contribution in [2.45, 2.75) is 38.3 Å². The molecule has 1 amide bonds. The van der Waals surface area contributed by atoms with E-state index in [0.29, 0.717) is 12.3 Å². The van der Waals surface area contributed by atoms with Gasteiger partial charge >= 0.3 is 0 Å². The number of piperidine rings is 1. The Bertz CT molecular complexity index is 896. The molecule has 0 radical (unpaired) electrons. The fraction of sp³-hybridized carbons (Fsp3) is 0.500. The standard InChI is InChI=1S/C24H33N5OS/c1-26-24(29-11-5-6-18(16-29)14-23(25)30)27-15-21(19-7-3-2-4-8-19)28-12-9-22-20(17-28)10-13-31-22/h2-4,7-8,10,13,18,21H,5-6,9,11-12,14-17H2,1H3,(H2,25,30)(H,26,27). The highest BCUT2D eigenvalue weighted by Gasteiger charge is 2.27. The molecule has 0 spiro atoms. The van der Waals surface area contributed by atoms with Crippen molar-refractivity contribution in [1.82, 2.24) is 15.1 Å². The van der Waals surface area contributed by atoms with Crippen LogP contribution < -0.4 is 11.1 Å². The lowest BCUT2D eigenvalue weighted by atomic mass is 9.95. The van der Waals surface area contributed by atoms with Crippen LogP contribution in [0.4, 0.5) is 0 Å². The molecule has 2 unspecified atom stereocenters. The Kier molecular flexibility index (Phi) is 7.25. The Morgan fingerprint density at radius 2 is 2.13 bits per heavy atom. The summed E-state index contributed by atoms with van der Waals surface area (Å²) < 4.78 is 0. The van der Waals surface area contributed by atoms with E-state index < -0.39 is 0 Å². The highest BCUT2D eigenvalue weighted by atomic mass is 32.1. The highest BCUT2D eigenvalue weighted by molar-refractivity contribution is 7.10. The Morgan fingerprint density at radius 1 is 1.29 bits per heavy atom. The second kappa shape index (κ2) is 10.3. The van der Waals surface area contributed by atoms with Gasteiger partial charge in [-0.2, -0.15) is 0 Å². The number of nitrogens with one attached hydrogen (secondary N) is 1. The Balaban J connectivity index is 1.45. The van der Waals surface area contributed by atoms with E-state index in [4.69, 9.17) is 5.73 Å². The van der Waals surface area contributed by atoms with Crippen LogP contribution in [0.1, 0.15) is 41.3 Å². The number of carbonyl (C=O) groups is 1. The highest BCUT2D eigenvalue weighted by Crippen LogP contribution is 2.30. The number of rotatable bonds is 6. The number of nitrogens with zero attached hydrogens (tertiary/aromatic N) is 3. The van der Waals surface area contributed by atoms with Gasteiger partial charge in [0.1, 0.15) is 0 Å². The lowest BCUT2D eigenvalue weighted by molar-refractivity contribution is -0.119.